The third-order valence-corrected chi connectivity index (χ3v) is 2.70. The van der Waals surface area contributed by atoms with Gasteiger partial charge in [-0.1, -0.05) is 0 Å². The lowest BCUT2D eigenvalue weighted by atomic mass is 10.1. The Bertz CT molecular complexity index is 380. The number of carboxylic acid groups (broad SMARTS) is 1. The predicted molar refractivity (Wildman–Crippen MR) is 62.1 cm³/mol. The van der Waals surface area contributed by atoms with E-state index in [1.165, 1.54) is 0 Å². The number of rotatable bonds is 3. The van der Waals surface area contributed by atoms with Crippen molar-refractivity contribution >= 4 is 14.3 Å². The van der Waals surface area contributed by atoms with Crippen LogP contribution in [0.5, 0.6) is 5.75 Å². The molecule has 1 rings (SSSR count). The first-order chi connectivity index (χ1) is 6.79. The van der Waals surface area contributed by atoms with E-state index >= 15 is 0 Å². The number of aromatic carboxylic acids is 1. The van der Waals surface area contributed by atoms with Crippen molar-refractivity contribution in [2.24, 2.45) is 0 Å². The molecule has 0 atom stereocenters. The van der Waals surface area contributed by atoms with Crippen molar-refractivity contribution in [3.05, 3.63) is 29.3 Å². The number of carbonyl (C=O) groups is 1. The second-order valence-electron chi connectivity index (χ2n) is 4.50. The average Bonchev–Trinajstić information content (AvgIpc) is 1.99. The fourth-order valence-corrected chi connectivity index (χ4v) is 2.13. The maximum absolute atomic E-state index is 10.8. The minimum Gasteiger partial charge on any atom is -0.544 e. The largest absolute Gasteiger partial charge is 0.544 e. The maximum Gasteiger partial charge on any atom is 0.335 e. The molecule has 0 spiro atoms. The van der Waals surface area contributed by atoms with Gasteiger partial charge in [0.1, 0.15) is 5.75 Å². The molecule has 0 amide bonds. The van der Waals surface area contributed by atoms with Crippen LogP contribution < -0.4 is 4.43 Å². The van der Waals surface area contributed by atoms with Gasteiger partial charge in [-0.15, -0.1) is 0 Å². The van der Waals surface area contributed by atoms with Gasteiger partial charge in [-0.05, 0) is 50.3 Å². The lowest BCUT2D eigenvalue weighted by Gasteiger charge is -2.19. The summed E-state index contributed by atoms with van der Waals surface area (Å²) in [5.41, 5.74) is 1.07. The van der Waals surface area contributed by atoms with Crippen molar-refractivity contribution in [2.45, 2.75) is 26.6 Å². The van der Waals surface area contributed by atoms with E-state index in [9.17, 15) is 4.79 Å². The summed E-state index contributed by atoms with van der Waals surface area (Å²) in [4.78, 5) is 10.8. The second-order valence-corrected chi connectivity index (χ2v) is 8.93. The molecule has 0 aromatic heterocycles. The Labute approximate surface area is 90.8 Å². The lowest BCUT2D eigenvalue weighted by molar-refractivity contribution is 0.0696. The summed E-state index contributed by atoms with van der Waals surface area (Å²) in [5, 5.41) is 8.86. The zero-order chi connectivity index (χ0) is 11.6. The van der Waals surface area contributed by atoms with E-state index in [0.29, 0.717) is 5.56 Å². The molecule has 0 aliphatic heterocycles. The van der Waals surface area contributed by atoms with Gasteiger partial charge in [0.2, 0.25) is 8.32 Å². The quantitative estimate of drug-likeness (QED) is 0.803. The third-order valence-electron chi connectivity index (χ3n) is 1.85. The van der Waals surface area contributed by atoms with E-state index in [1.54, 1.807) is 25.1 Å². The minimum atomic E-state index is -1.61. The summed E-state index contributed by atoms with van der Waals surface area (Å²) < 4.78 is 5.76. The number of hydrogen-bond donors (Lipinski definition) is 1. The molecular weight excluding hydrogens is 208 g/mol. The van der Waals surface area contributed by atoms with Crippen molar-refractivity contribution in [3.8, 4) is 5.75 Å². The Morgan fingerprint density at radius 3 is 2.33 bits per heavy atom. The fourth-order valence-electron chi connectivity index (χ4n) is 1.29. The van der Waals surface area contributed by atoms with Gasteiger partial charge in [0.15, 0.2) is 0 Å². The van der Waals surface area contributed by atoms with Crippen LogP contribution in [0.15, 0.2) is 18.2 Å². The topological polar surface area (TPSA) is 46.5 Å². The Morgan fingerprint density at radius 2 is 1.93 bits per heavy atom. The van der Waals surface area contributed by atoms with E-state index < -0.39 is 14.3 Å². The monoisotopic (exact) mass is 224 g/mol. The zero-order valence-electron chi connectivity index (χ0n) is 9.50. The summed E-state index contributed by atoms with van der Waals surface area (Å²) in [6.45, 7) is 8.05. The number of hydrogen-bond acceptors (Lipinski definition) is 2. The van der Waals surface area contributed by atoms with Gasteiger partial charge in [0.25, 0.3) is 0 Å². The van der Waals surface area contributed by atoms with E-state index in [-0.39, 0.29) is 0 Å². The summed E-state index contributed by atoms with van der Waals surface area (Å²) in [6.07, 6.45) is 0. The maximum atomic E-state index is 10.8. The van der Waals surface area contributed by atoms with Gasteiger partial charge < -0.3 is 9.53 Å². The molecule has 1 aromatic rings. The second kappa shape index (κ2) is 4.06. The molecule has 0 fully saturated rings. The average molecular weight is 224 g/mol. The van der Waals surface area contributed by atoms with Crippen LogP contribution in [0.4, 0.5) is 0 Å². The van der Waals surface area contributed by atoms with Gasteiger partial charge >= 0.3 is 5.97 Å². The molecule has 15 heavy (non-hydrogen) atoms. The highest BCUT2D eigenvalue weighted by Gasteiger charge is 2.17. The first kappa shape index (κ1) is 11.8. The van der Waals surface area contributed by atoms with Crippen molar-refractivity contribution in [2.75, 3.05) is 0 Å². The Balaban J connectivity index is 2.97. The van der Waals surface area contributed by atoms with E-state index in [2.05, 4.69) is 19.6 Å². The molecule has 3 nitrogen and oxygen atoms in total. The van der Waals surface area contributed by atoms with Crippen LogP contribution >= 0.6 is 0 Å². The molecule has 0 aliphatic rings. The summed E-state index contributed by atoms with van der Waals surface area (Å²) in [5.74, 6) is -0.135. The smallest absolute Gasteiger partial charge is 0.335 e. The number of carboxylic acids is 1. The van der Waals surface area contributed by atoms with Crippen LogP contribution in [0.1, 0.15) is 15.9 Å². The SMILES string of the molecule is Cc1cc(O[Si](C)(C)C)ccc1C(=O)O. The number of benzene rings is 1. The molecule has 4 heteroatoms. The molecule has 0 bridgehead atoms. The molecule has 82 valence electrons. The summed E-state index contributed by atoms with van der Waals surface area (Å²) >= 11 is 0. The standard InChI is InChI=1S/C11H16O3Si/c1-8-7-9(14-15(2,3)4)5-6-10(8)11(12)13/h5-7H,1-4H3,(H,12,13). The van der Waals surface area contributed by atoms with Gasteiger partial charge in [0.05, 0.1) is 5.56 Å². The molecule has 1 aromatic carbocycles. The van der Waals surface area contributed by atoms with Gasteiger partial charge in [-0.2, -0.15) is 0 Å². The first-order valence-electron chi connectivity index (χ1n) is 4.82. The van der Waals surface area contributed by atoms with Gasteiger partial charge in [-0.25, -0.2) is 4.79 Å². The third kappa shape index (κ3) is 3.40. The highest BCUT2D eigenvalue weighted by atomic mass is 28.4. The molecule has 0 aliphatic carbocycles. The summed E-state index contributed by atoms with van der Waals surface area (Å²) in [7, 11) is -1.61. The normalized spacial score (nSPS) is 11.2. The van der Waals surface area contributed by atoms with Gasteiger partial charge in [0, 0.05) is 0 Å². The Morgan fingerprint density at radius 1 is 1.33 bits per heavy atom. The van der Waals surface area contributed by atoms with Gasteiger partial charge in [-0.3, -0.25) is 0 Å². The highest BCUT2D eigenvalue weighted by Crippen LogP contribution is 2.20. The minimum absolute atomic E-state index is 0.331. The van der Waals surface area contributed by atoms with Crippen molar-refractivity contribution < 1.29 is 14.3 Å². The Kier molecular flexibility index (Phi) is 3.19. The van der Waals surface area contributed by atoms with Crippen molar-refractivity contribution in [3.63, 3.8) is 0 Å². The molecule has 0 heterocycles. The predicted octanol–water partition coefficient (Wildman–Crippen LogP) is 2.91. The van der Waals surface area contributed by atoms with E-state index in [1.807, 2.05) is 0 Å². The van der Waals surface area contributed by atoms with Crippen molar-refractivity contribution in [1.82, 2.24) is 0 Å². The van der Waals surface area contributed by atoms with E-state index in [4.69, 9.17) is 9.53 Å². The fraction of sp³-hybridized carbons (Fsp3) is 0.364. The molecule has 0 saturated heterocycles. The molecule has 1 N–H and O–H groups in total. The van der Waals surface area contributed by atoms with Crippen LogP contribution in [-0.4, -0.2) is 19.4 Å². The lowest BCUT2D eigenvalue weighted by Crippen LogP contribution is -2.29. The van der Waals surface area contributed by atoms with Crippen LogP contribution in [0, 0.1) is 6.92 Å². The highest BCUT2D eigenvalue weighted by molar-refractivity contribution is 6.70. The van der Waals surface area contributed by atoms with Crippen LogP contribution in [0.2, 0.25) is 19.6 Å². The molecule has 0 unspecified atom stereocenters. The van der Waals surface area contributed by atoms with Crippen LogP contribution in [0.25, 0.3) is 0 Å². The zero-order valence-corrected chi connectivity index (χ0v) is 10.5. The van der Waals surface area contributed by atoms with E-state index in [0.717, 1.165) is 11.3 Å². The Hall–Kier alpha value is -1.29. The van der Waals surface area contributed by atoms with Crippen molar-refractivity contribution in [1.29, 1.82) is 0 Å². The molecule has 0 saturated carbocycles. The number of aryl methyl sites for hydroxylation is 1. The van der Waals surface area contributed by atoms with Crippen LogP contribution in [-0.2, 0) is 0 Å². The summed E-state index contributed by atoms with van der Waals surface area (Å²) in [6, 6.07) is 5.09. The molecule has 0 radical (unpaired) electrons. The first-order valence-corrected chi connectivity index (χ1v) is 8.23. The van der Waals surface area contributed by atoms with Crippen LogP contribution in [0.3, 0.4) is 0 Å². The molecular formula is C11H16O3Si.